The van der Waals surface area contributed by atoms with Gasteiger partial charge in [-0.2, -0.15) is 0 Å². The minimum atomic E-state index is -0.457. The summed E-state index contributed by atoms with van der Waals surface area (Å²) in [5, 5.41) is 9.84. The van der Waals surface area contributed by atoms with Crippen LogP contribution in [0.2, 0.25) is 0 Å². The monoisotopic (exact) mass is 249 g/mol. The number of hydrogen-bond donors (Lipinski definition) is 1. The molecule has 1 heterocycles. The maximum atomic E-state index is 11.9. The van der Waals surface area contributed by atoms with Crippen molar-refractivity contribution < 1.29 is 19.4 Å². The van der Waals surface area contributed by atoms with E-state index in [2.05, 4.69) is 4.74 Å². The number of nitrogens with zero attached hydrogens (tertiary/aromatic N) is 1. The minimum Gasteiger partial charge on any atom is -0.506 e. The summed E-state index contributed by atoms with van der Waals surface area (Å²) in [4.78, 5) is 24.8. The molecule has 1 fully saturated rings. The Morgan fingerprint density at radius 2 is 2.22 bits per heavy atom. The van der Waals surface area contributed by atoms with Gasteiger partial charge in [0.25, 0.3) is 0 Å². The van der Waals surface area contributed by atoms with Gasteiger partial charge in [-0.15, -0.1) is 0 Å². The van der Waals surface area contributed by atoms with Gasteiger partial charge in [0.1, 0.15) is 5.75 Å². The molecule has 1 aromatic rings. The number of carbonyl (C=O) groups is 2. The van der Waals surface area contributed by atoms with Gasteiger partial charge in [0.15, 0.2) is 0 Å². The molecule has 1 saturated heterocycles. The van der Waals surface area contributed by atoms with Crippen molar-refractivity contribution in [3.05, 3.63) is 23.8 Å². The van der Waals surface area contributed by atoms with Crippen LogP contribution in [0.25, 0.3) is 0 Å². The first-order valence-corrected chi connectivity index (χ1v) is 5.71. The van der Waals surface area contributed by atoms with Crippen LogP contribution in [-0.2, 0) is 14.3 Å². The van der Waals surface area contributed by atoms with E-state index in [1.807, 2.05) is 13.0 Å². The molecular weight excluding hydrogens is 234 g/mol. The van der Waals surface area contributed by atoms with Gasteiger partial charge in [-0.05, 0) is 18.6 Å². The van der Waals surface area contributed by atoms with Crippen LogP contribution in [0.5, 0.6) is 5.75 Å². The summed E-state index contributed by atoms with van der Waals surface area (Å²) in [6, 6.07) is 5.06. The molecular formula is C13H15NO4. The molecule has 0 aliphatic carbocycles. The Kier molecular flexibility index (Phi) is 3.23. The second-order valence-corrected chi connectivity index (χ2v) is 4.37. The van der Waals surface area contributed by atoms with Gasteiger partial charge in [-0.3, -0.25) is 9.59 Å². The molecule has 1 aromatic carbocycles. The van der Waals surface area contributed by atoms with Gasteiger partial charge in [0, 0.05) is 13.0 Å². The molecule has 0 radical (unpaired) electrons. The highest BCUT2D eigenvalue weighted by molar-refractivity contribution is 6.01. The van der Waals surface area contributed by atoms with Crippen molar-refractivity contribution in [1.29, 1.82) is 0 Å². The fraction of sp³-hybridized carbons (Fsp3) is 0.385. The quantitative estimate of drug-likeness (QED) is 0.800. The van der Waals surface area contributed by atoms with Crippen LogP contribution in [0.3, 0.4) is 0 Å². The number of esters is 1. The first kappa shape index (κ1) is 12.4. The molecule has 1 aliphatic rings. The number of ether oxygens (including phenoxy) is 1. The Bertz CT molecular complexity index is 478. The first-order valence-electron chi connectivity index (χ1n) is 5.71. The average Bonchev–Trinajstić information content (AvgIpc) is 2.70. The molecule has 0 aromatic heterocycles. The highest BCUT2D eigenvalue weighted by Crippen LogP contribution is 2.35. The van der Waals surface area contributed by atoms with Gasteiger partial charge >= 0.3 is 5.97 Å². The van der Waals surface area contributed by atoms with Crippen LogP contribution in [-0.4, -0.2) is 30.6 Å². The minimum absolute atomic E-state index is 0.0499. The summed E-state index contributed by atoms with van der Waals surface area (Å²) in [6.07, 6.45) is 0.125. The van der Waals surface area contributed by atoms with Crippen molar-refractivity contribution in [2.75, 3.05) is 18.6 Å². The Labute approximate surface area is 105 Å². The fourth-order valence-electron chi connectivity index (χ4n) is 2.24. The third kappa shape index (κ3) is 2.03. The van der Waals surface area contributed by atoms with Crippen molar-refractivity contribution in [2.45, 2.75) is 13.3 Å². The number of amides is 1. The Morgan fingerprint density at radius 1 is 1.50 bits per heavy atom. The molecule has 0 saturated carbocycles. The van der Waals surface area contributed by atoms with E-state index >= 15 is 0 Å². The zero-order valence-electron chi connectivity index (χ0n) is 10.3. The van der Waals surface area contributed by atoms with Crippen LogP contribution in [0.4, 0.5) is 5.69 Å². The molecule has 5 heteroatoms. The van der Waals surface area contributed by atoms with E-state index in [0.717, 1.165) is 5.56 Å². The predicted molar refractivity (Wildman–Crippen MR) is 65.3 cm³/mol. The Hall–Kier alpha value is -2.04. The molecule has 1 N–H and O–H groups in total. The van der Waals surface area contributed by atoms with Crippen LogP contribution in [0, 0.1) is 12.8 Å². The molecule has 96 valence electrons. The first-order chi connectivity index (χ1) is 8.54. The lowest BCUT2D eigenvalue weighted by Gasteiger charge is -2.19. The summed E-state index contributed by atoms with van der Waals surface area (Å²) in [6.45, 7) is 2.07. The van der Waals surface area contributed by atoms with E-state index < -0.39 is 5.92 Å². The second kappa shape index (κ2) is 4.68. The number of benzene rings is 1. The lowest BCUT2D eigenvalue weighted by Crippen LogP contribution is -2.26. The lowest BCUT2D eigenvalue weighted by atomic mass is 10.1. The van der Waals surface area contributed by atoms with Crippen molar-refractivity contribution in [1.82, 2.24) is 0 Å². The molecule has 1 unspecified atom stereocenters. The number of carbonyl (C=O) groups excluding carboxylic acids is 2. The zero-order chi connectivity index (χ0) is 13.3. The number of phenolic OH excluding ortho intramolecular Hbond substituents is 1. The molecule has 1 amide bonds. The standard InChI is InChI=1S/C13H15NO4/c1-8-4-3-5-10(15)12(8)14-7-9(6-11(14)16)13(17)18-2/h3-5,9,15H,6-7H2,1-2H3. The van der Waals surface area contributed by atoms with Gasteiger partial charge in [-0.1, -0.05) is 12.1 Å². The van der Waals surface area contributed by atoms with E-state index in [9.17, 15) is 14.7 Å². The van der Waals surface area contributed by atoms with Crippen molar-refractivity contribution in [3.63, 3.8) is 0 Å². The molecule has 1 aliphatic heterocycles. The van der Waals surface area contributed by atoms with Gasteiger partial charge in [0.05, 0.1) is 18.7 Å². The summed E-state index contributed by atoms with van der Waals surface area (Å²) >= 11 is 0. The summed E-state index contributed by atoms with van der Waals surface area (Å²) in [7, 11) is 1.31. The van der Waals surface area contributed by atoms with Crippen molar-refractivity contribution in [2.24, 2.45) is 5.92 Å². The number of methoxy groups -OCH3 is 1. The third-order valence-corrected chi connectivity index (χ3v) is 3.15. The number of aromatic hydroxyl groups is 1. The highest BCUT2D eigenvalue weighted by Gasteiger charge is 2.37. The van der Waals surface area contributed by atoms with Crippen LogP contribution in [0.1, 0.15) is 12.0 Å². The predicted octanol–water partition coefficient (Wildman–Crippen LogP) is 1.23. The highest BCUT2D eigenvalue weighted by atomic mass is 16.5. The number of anilines is 1. The van der Waals surface area contributed by atoms with Crippen LogP contribution >= 0.6 is 0 Å². The topological polar surface area (TPSA) is 66.8 Å². The SMILES string of the molecule is COC(=O)C1CC(=O)N(c2c(C)cccc2O)C1. The number of hydrogen-bond acceptors (Lipinski definition) is 4. The van der Waals surface area contributed by atoms with E-state index in [0.29, 0.717) is 5.69 Å². The smallest absolute Gasteiger partial charge is 0.311 e. The van der Waals surface area contributed by atoms with Crippen molar-refractivity contribution >= 4 is 17.6 Å². The summed E-state index contributed by atoms with van der Waals surface area (Å²) in [5.74, 6) is -0.968. The van der Waals surface area contributed by atoms with Crippen molar-refractivity contribution in [3.8, 4) is 5.75 Å². The van der Waals surface area contributed by atoms with E-state index in [1.54, 1.807) is 6.07 Å². The normalized spacial score (nSPS) is 19.1. The summed E-state index contributed by atoms with van der Waals surface area (Å²) < 4.78 is 4.65. The molecule has 18 heavy (non-hydrogen) atoms. The molecule has 0 bridgehead atoms. The maximum absolute atomic E-state index is 11.9. The van der Waals surface area contributed by atoms with E-state index in [4.69, 9.17) is 0 Å². The number of rotatable bonds is 2. The molecule has 5 nitrogen and oxygen atoms in total. The number of aryl methyl sites for hydroxylation is 1. The molecule has 1 atom stereocenters. The molecule has 2 rings (SSSR count). The number of para-hydroxylation sites is 1. The van der Waals surface area contributed by atoms with Crippen LogP contribution < -0.4 is 4.90 Å². The van der Waals surface area contributed by atoms with Crippen LogP contribution in [0.15, 0.2) is 18.2 Å². The maximum Gasteiger partial charge on any atom is 0.311 e. The zero-order valence-corrected chi connectivity index (χ0v) is 10.3. The number of phenols is 1. The van der Waals surface area contributed by atoms with Gasteiger partial charge in [0.2, 0.25) is 5.91 Å². The summed E-state index contributed by atoms with van der Waals surface area (Å²) in [5.41, 5.74) is 1.28. The third-order valence-electron chi connectivity index (χ3n) is 3.15. The second-order valence-electron chi connectivity index (χ2n) is 4.37. The lowest BCUT2D eigenvalue weighted by molar-refractivity contribution is -0.145. The Morgan fingerprint density at radius 3 is 2.83 bits per heavy atom. The van der Waals surface area contributed by atoms with E-state index in [-0.39, 0.29) is 30.6 Å². The Balaban J connectivity index is 2.30. The van der Waals surface area contributed by atoms with Gasteiger partial charge in [-0.25, -0.2) is 0 Å². The van der Waals surface area contributed by atoms with E-state index in [1.165, 1.54) is 18.1 Å². The van der Waals surface area contributed by atoms with Gasteiger partial charge < -0.3 is 14.7 Å². The molecule has 0 spiro atoms. The average molecular weight is 249 g/mol. The fourth-order valence-corrected chi connectivity index (χ4v) is 2.24. The largest absolute Gasteiger partial charge is 0.506 e.